The maximum Gasteiger partial charge on any atom is 0.225 e. The van der Waals surface area contributed by atoms with Crippen LogP contribution in [0, 0.1) is 5.92 Å². The second-order valence-electron chi connectivity index (χ2n) is 4.72. The zero-order valence-corrected chi connectivity index (χ0v) is 10.6. The van der Waals surface area contributed by atoms with Crippen LogP contribution in [0.1, 0.15) is 38.4 Å². The number of hydrogen-bond donors (Lipinski definition) is 0. The van der Waals surface area contributed by atoms with E-state index in [1.165, 1.54) is 12.8 Å². The number of hydrogen-bond acceptors (Lipinski definition) is 3. The van der Waals surface area contributed by atoms with Crippen LogP contribution in [0.25, 0.3) is 0 Å². The van der Waals surface area contributed by atoms with Crippen molar-refractivity contribution in [3.63, 3.8) is 0 Å². The standard InChI is InChI=1S/C11H18ClN3O/c1-8(2)7-16-6-5-15-10(9-3-4-9)13-14-11(15)12/h8-9H,3-7H2,1-2H3. The molecular weight excluding hydrogens is 226 g/mol. The molecule has 1 aromatic heterocycles. The van der Waals surface area contributed by atoms with Crippen LogP contribution >= 0.6 is 11.6 Å². The van der Waals surface area contributed by atoms with Gasteiger partial charge in [0.1, 0.15) is 5.82 Å². The van der Waals surface area contributed by atoms with Crippen LogP contribution < -0.4 is 0 Å². The zero-order valence-electron chi connectivity index (χ0n) is 9.82. The van der Waals surface area contributed by atoms with Gasteiger partial charge < -0.3 is 4.74 Å². The third-order valence-electron chi connectivity index (χ3n) is 2.59. The van der Waals surface area contributed by atoms with Crippen LogP contribution in [0.15, 0.2) is 0 Å². The maximum absolute atomic E-state index is 5.99. The summed E-state index contributed by atoms with van der Waals surface area (Å²) in [6.07, 6.45) is 2.42. The second kappa shape index (κ2) is 5.15. The summed E-state index contributed by atoms with van der Waals surface area (Å²) in [6, 6.07) is 0. The summed E-state index contributed by atoms with van der Waals surface area (Å²) in [6.45, 7) is 6.50. The van der Waals surface area contributed by atoms with E-state index in [1.807, 2.05) is 4.57 Å². The van der Waals surface area contributed by atoms with Gasteiger partial charge in [0.25, 0.3) is 0 Å². The number of halogens is 1. The Hall–Kier alpha value is -0.610. The molecule has 0 atom stereocenters. The summed E-state index contributed by atoms with van der Waals surface area (Å²) in [5.74, 6) is 2.17. The fraction of sp³-hybridized carbons (Fsp3) is 0.818. The molecule has 0 spiro atoms. The molecule has 1 heterocycles. The normalized spacial score (nSPS) is 16.0. The van der Waals surface area contributed by atoms with Crippen molar-refractivity contribution in [2.45, 2.75) is 39.2 Å². The maximum atomic E-state index is 5.99. The summed E-state index contributed by atoms with van der Waals surface area (Å²) in [4.78, 5) is 0. The molecule has 0 unspecified atom stereocenters. The van der Waals surface area contributed by atoms with Gasteiger partial charge in [0.15, 0.2) is 0 Å². The van der Waals surface area contributed by atoms with Gasteiger partial charge >= 0.3 is 0 Å². The highest BCUT2D eigenvalue weighted by molar-refractivity contribution is 6.28. The Morgan fingerprint density at radius 1 is 1.44 bits per heavy atom. The number of rotatable bonds is 6. The Morgan fingerprint density at radius 3 is 2.81 bits per heavy atom. The summed E-state index contributed by atoms with van der Waals surface area (Å²) >= 11 is 5.99. The Labute approximate surface area is 101 Å². The Morgan fingerprint density at radius 2 is 2.19 bits per heavy atom. The van der Waals surface area contributed by atoms with E-state index in [0.717, 1.165) is 19.0 Å². The van der Waals surface area contributed by atoms with E-state index in [1.54, 1.807) is 0 Å². The quantitative estimate of drug-likeness (QED) is 0.721. The minimum absolute atomic E-state index is 0.482. The SMILES string of the molecule is CC(C)COCCn1c(Cl)nnc1C1CC1. The second-order valence-corrected chi connectivity index (χ2v) is 5.06. The highest BCUT2D eigenvalue weighted by Crippen LogP contribution is 2.39. The fourth-order valence-corrected chi connectivity index (χ4v) is 1.83. The first kappa shape index (κ1) is 11.9. The van der Waals surface area contributed by atoms with E-state index in [4.69, 9.17) is 16.3 Å². The highest BCUT2D eigenvalue weighted by Gasteiger charge is 2.29. The third kappa shape index (κ3) is 2.95. The molecule has 5 heteroatoms. The molecular formula is C11H18ClN3O. The molecule has 90 valence electrons. The van der Waals surface area contributed by atoms with Gasteiger partial charge in [-0.2, -0.15) is 0 Å². The minimum Gasteiger partial charge on any atom is -0.379 e. The summed E-state index contributed by atoms with van der Waals surface area (Å²) in [5.41, 5.74) is 0. The van der Waals surface area contributed by atoms with E-state index < -0.39 is 0 Å². The van der Waals surface area contributed by atoms with Crippen molar-refractivity contribution < 1.29 is 4.74 Å². The van der Waals surface area contributed by atoms with Gasteiger partial charge in [0, 0.05) is 12.5 Å². The first-order valence-electron chi connectivity index (χ1n) is 5.85. The molecule has 0 bridgehead atoms. The summed E-state index contributed by atoms with van der Waals surface area (Å²) in [5, 5.41) is 8.51. The molecule has 1 aliphatic carbocycles. The van der Waals surface area contributed by atoms with Gasteiger partial charge in [-0.3, -0.25) is 4.57 Å². The largest absolute Gasteiger partial charge is 0.379 e. The molecule has 1 fully saturated rings. The Kier molecular flexibility index (Phi) is 3.82. The summed E-state index contributed by atoms with van der Waals surface area (Å²) in [7, 11) is 0. The van der Waals surface area contributed by atoms with Gasteiger partial charge in [0.2, 0.25) is 5.28 Å². The van der Waals surface area contributed by atoms with E-state index in [0.29, 0.717) is 23.7 Å². The molecule has 16 heavy (non-hydrogen) atoms. The van der Waals surface area contributed by atoms with Crippen LogP contribution in [-0.2, 0) is 11.3 Å². The van der Waals surface area contributed by atoms with Crippen molar-refractivity contribution in [1.82, 2.24) is 14.8 Å². The smallest absolute Gasteiger partial charge is 0.225 e. The van der Waals surface area contributed by atoms with Gasteiger partial charge in [-0.25, -0.2) is 0 Å². The van der Waals surface area contributed by atoms with E-state index in [2.05, 4.69) is 24.0 Å². The van der Waals surface area contributed by atoms with Crippen molar-refractivity contribution in [2.75, 3.05) is 13.2 Å². The van der Waals surface area contributed by atoms with E-state index in [9.17, 15) is 0 Å². The Balaban J connectivity index is 1.85. The van der Waals surface area contributed by atoms with Gasteiger partial charge in [-0.15, -0.1) is 10.2 Å². The van der Waals surface area contributed by atoms with Crippen molar-refractivity contribution in [2.24, 2.45) is 5.92 Å². The third-order valence-corrected chi connectivity index (χ3v) is 2.87. The molecule has 0 radical (unpaired) electrons. The van der Waals surface area contributed by atoms with Crippen molar-refractivity contribution >= 4 is 11.6 Å². The average molecular weight is 244 g/mol. The molecule has 0 saturated heterocycles. The van der Waals surface area contributed by atoms with E-state index in [-0.39, 0.29) is 0 Å². The van der Waals surface area contributed by atoms with Gasteiger partial charge in [-0.1, -0.05) is 13.8 Å². The number of nitrogens with zero attached hydrogens (tertiary/aromatic N) is 3. The topological polar surface area (TPSA) is 39.9 Å². The molecule has 0 aliphatic heterocycles. The molecule has 4 nitrogen and oxygen atoms in total. The number of ether oxygens (including phenoxy) is 1. The van der Waals surface area contributed by atoms with Crippen LogP contribution in [-0.4, -0.2) is 28.0 Å². The molecule has 1 aliphatic rings. The molecule has 0 aromatic carbocycles. The van der Waals surface area contributed by atoms with Crippen LogP contribution in [0.2, 0.25) is 5.28 Å². The molecule has 0 N–H and O–H groups in total. The van der Waals surface area contributed by atoms with Crippen molar-refractivity contribution in [1.29, 1.82) is 0 Å². The predicted molar refractivity (Wildman–Crippen MR) is 62.7 cm³/mol. The molecule has 1 saturated carbocycles. The van der Waals surface area contributed by atoms with Crippen LogP contribution in [0.3, 0.4) is 0 Å². The lowest BCUT2D eigenvalue weighted by atomic mass is 10.2. The molecule has 0 amide bonds. The van der Waals surface area contributed by atoms with E-state index >= 15 is 0 Å². The number of aromatic nitrogens is 3. The minimum atomic E-state index is 0.482. The van der Waals surface area contributed by atoms with Crippen molar-refractivity contribution in [3.8, 4) is 0 Å². The van der Waals surface area contributed by atoms with Crippen LogP contribution in [0.4, 0.5) is 0 Å². The summed E-state index contributed by atoms with van der Waals surface area (Å²) < 4.78 is 7.52. The zero-order chi connectivity index (χ0) is 11.5. The van der Waals surface area contributed by atoms with Gasteiger partial charge in [0.05, 0.1) is 13.2 Å². The lowest BCUT2D eigenvalue weighted by Gasteiger charge is -2.09. The lowest BCUT2D eigenvalue weighted by molar-refractivity contribution is 0.102. The predicted octanol–water partition coefficient (Wildman–Crippen LogP) is 2.48. The van der Waals surface area contributed by atoms with Crippen molar-refractivity contribution in [3.05, 3.63) is 11.1 Å². The van der Waals surface area contributed by atoms with Gasteiger partial charge in [-0.05, 0) is 30.4 Å². The average Bonchev–Trinajstić information content (AvgIpc) is 3.00. The lowest BCUT2D eigenvalue weighted by Crippen LogP contribution is -2.11. The highest BCUT2D eigenvalue weighted by atomic mass is 35.5. The first-order valence-corrected chi connectivity index (χ1v) is 6.22. The van der Waals surface area contributed by atoms with Crippen LogP contribution in [0.5, 0.6) is 0 Å². The monoisotopic (exact) mass is 243 g/mol. The molecule has 1 aromatic rings. The molecule has 2 rings (SSSR count). The Bertz CT molecular complexity index is 347. The first-order chi connectivity index (χ1) is 7.68. The fourth-order valence-electron chi connectivity index (χ4n) is 1.62.